The molecular weight excluding hydrogens is 339 g/mol. The normalized spacial score (nSPS) is 11.5. The molecular formula is C15H16BrFN2O2. The van der Waals surface area contributed by atoms with E-state index in [1.54, 1.807) is 39.8 Å². The fourth-order valence-corrected chi connectivity index (χ4v) is 2.17. The quantitative estimate of drug-likeness (QED) is 0.764. The molecule has 0 fully saturated rings. The second kappa shape index (κ2) is 5.60. The van der Waals surface area contributed by atoms with Gasteiger partial charge in [-0.15, -0.1) is 0 Å². The van der Waals surface area contributed by atoms with Gasteiger partial charge in [0.1, 0.15) is 22.7 Å². The molecule has 0 spiro atoms. The van der Waals surface area contributed by atoms with E-state index in [4.69, 9.17) is 4.74 Å². The van der Waals surface area contributed by atoms with E-state index in [9.17, 15) is 9.18 Å². The standard InChI is InChI=1S/C15H16BrFN2O2/c1-9-11(14(20)21-15(2,3)4)8-18-19(9)13-6-5-10(16)7-12(13)17/h5-8H,1-4H3. The van der Waals surface area contributed by atoms with Gasteiger partial charge >= 0.3 is 5.97 Å². The number of nitrogens with zero attached hydrogens (tertiary/aromatic N) is 2. The number of rotatable bonds is 2. The Morgan fingerprint density at radius 2 is 2.05 bits per heavy atom. The zero-order valence-corrected chi connectivity index (χ0v) is 13.9. The third-order valence-electron chi connectivity index (χ3n) is 2.77. The van der Waals surface area contributed by atoms with Crippen molar-refractivity contribution < 1.29 is 13.9 Å². The minimum absolute atomic E-state index is 0.283. The molecule has 21 heavy (non-hydrogen) atoms. The van der Waals surface area contributed by atoms with Crippen LogP contribution in [0.2, 0.25) is 0 Å². The molecule has 1 heterocycles. The summed E-state index contributed by atoms with van der Waals surface area (Å²) in [5.41, 5.74) is 0.553. The van der Waals surface area contributed by atoms with Gasteiger partial charge in [-0.1, -0.05) is 15.9 Å². The molecule has 0 amide bonds. The van der Waals surface area contributed by atoms with E-state index in [-0.39, 0.29) is 5.69 Å². The number of carbonyl (C=O) groups excluding carboxylic acids is 1. The number of aromatic nitrogens is 2. The Balaban J connectivity index is 2.39. The summed E-state index contributed by atoms with van der Waals surface area (Å²) in [5, 5.41) is 4.09. The molecule has 0 atom stereocenters. The Kier molecular flexibility index (Phi) is 4.18. The molecule has 112 valence electrons. The molecule has 0 aliphatic heterocycles. The maximum atomic E-state index is 14.0. The first kappa shape index (κ1) is 15.7. The second-order valence-electron chi connectivity index (χ2n) is 5.65. The van der Waals surface area contributed by atoms with Crippen LogP contribution >= 0.6 is 15.9 Å². The Labute approximate surface area is 131 Å². The summed E-state index contributed by atoms with van der Waals surface area (Å²) in [6.07, 6.45) is 1.39. The summed E-state index contributed by atoms with van der Waals surface area (Å²) in [4.78, 5) is 12.1. The fraction of sp³-hybridized carbons (Fsp3) is 0.333. The zero-order valence-electron chi connectivity index (χ0n) is 12.3. The number of ether oxygens (including phenoxy) is 1. The molecule has 1 aromatic heterocycles. The van der Waals surface area contributed by atoms with Gasteiger partial charge in [-0.05, 0) is 45.9 Å². The topological polar surface area (TPSA) is 44.1 Å². The summed E-state index contributed by atoms with van der Waals surface area (Å²) in [6, 6.07) is 4.66. The molecule has 2 rings (SSSR count). The van der Waals surface area contributed by atoms with Gasteiger partial charge in [0.25, 0.3) is 0 Å². The Morgan fingerprint density at radius 3 is 2.62 bits per heavy atom. The van der Waals surface area contributed by atoms with Crippen molar-refractivity contribution in [1.82, 2.24) is 9.78 Å². The number of hydrogen-bond acceptors (Lipinski definition) is 3. The third-order valence-corrected chi connectivity index (χ3v) is 3.26. The molecule has 0 unspecified atom stereocenters. The van der Waals surface area contributed by atoms with Gasteiger partial charge in [-0.3, -0.25) is 0 Å². The number of halogens is 2. The lowest BCUT2D eigenvalue weighted by Gasteiger charge is -2.19. The summed E-state index contributed by atoms with van der Waals surface area (Å²) < 4.78 is 21.3. The molecule has 2 aromatic rings. The number of benzene rings is 1. The van der Waals surface area contributed by atoms with E-state index in [2.05, 4.69) is 21.0 Å². The van der Waals surface area contributed by atoms with Crippen LogP contribution in [0.15, 0.2) is 28.9 Å². The van der Waals surface area contributed by atoms with Crippen LogP contribution in [0.1, 0.15) is 36.8 Å². The third kappa shape index (κ3) is 3.50. The molecule has 0 aliphatic carbocycles. The Hall–Kier alpha value is -1.69. The number of hydrogen-bond donors (Lipinski definition) is 0. The van der Waals surface area contributed by atoms with Crippen LogP contribution in [-0.4, -0.2) is 21.4 Å². The van der Waals surface area contributed by atoms with Gasteiger partial charge in [0.05, 0.1) is 11.9 Å². The summed E-state index contributed by atoms with van der Waals surface area (Å²) in [7, 11) is 0. The highest BCUT2D eigenvalue weighted by atomic mass is 79.9. The van der Waals surface area contributed by atoms with E-state index >= 15 is 0 Å². The van der Waals surface area contributed by atoms with Crippen molar-refractivity contribution >= 4 is 21.9 Å². The number of esters is 1. The van der Waals surface area contributed by atoms with Gasteiger partial charge in [-0.2, -0.15) is 5.10 Å². The Morgan fingerprint density at radius 1 is 1.38 bits per heavy atom. The SMILES string of the molecule is Cc1c(C(=O)OC(C)(C)C)cnn1-c1ccc(Br)cc1F. The van der Waals surface area contributed by atoms with E-state index in [0.29, 0.717) is 15.7 Å². The van der Waals surface area contributed by atoms with Crippen LogP contribution in [0.25, 0.3) is 5.69 Å². The second-order valence-corrected chi connectivity index (χ2v) is 6.57. The molecule has 0 radical (unpaired) electrons. The van der Waals surface area contributed by atoms with Crippen molar-refractivity contribution in [3.05, 3.63) is 45.9 Å². The van der Waals surface area contributed by atoms with Gasteiger partial charge in [0.2, 0.25) is 0 Å². The van der Waals surface area contributed by atoms with Crippen LogP contribution < -0.4 is 0 Å². The van der Waals surface area contributed by atoms with Crippen molar-refractivity contribution in [1.29, 1.82) is 0 Å². The van der Waals surface area contributed by atoms with Crippen molar-refractivity contribution in [2.24, 2.45) is 0 Å². The molecule has 0 N–H and O–H groups in total. The minimum Gasteiger partial charge on any atom is -0.456 e. The van der Waals surface area contributed by atoms with Gasteiger partial charge < -0.3 is 4.74 Å². The maximum Gasteiger partial charge on any atom is 0.342 e. The largest absolute Gasteiger partial charge is 0.456 e. The lowest BCUT2D eigenvalue weighted by Crippen LogP contribution is -2.24. The van der Waals surface area contributed by atoms with Gasteiger partial charge in [0.15, 0.2) is 0 Å². The number of carbonyl (C=O) groups is 1. The van der Waals surface area contributed by atoms with Crippen molar-refractivity contribution in [3.63, 3.8) is 0 Å². The predicted molar refractivity (Wildman–Crippen MR) is 81.1 cm³/mol. The van der Waals surface area contributed by atoms with E-state index in [0.717, 1.165) is 0 Å². The molecule has 1 aromatic carbocycles. The maximum absolute atomic E-state index is 14.0. The molecule has 0 saturated carbocycles. The zero-order chi connectivity index (χ0) is 15.8. The van der Waals surface area contributed by atoms with Gasteiger partial charge in [0, 0.05) is 4.47 Å². The highest BCUT2D eigenvalue weighted by molar-refractivity contribution is 9.10. The highest BCUT2D eigenvalue weighted by Crippen LogP contribution is 2.22. The summed E-state index contributed by atoms with van der Waals surface area (Å²) in [6.45, 7) is 7.07. The molecule has 0 saturated heterocycles. The van der Waals surface area contributed by atoms with Crippen LogP contribution in [-0.2, 0) is 4.74 Å². The predicted octanol–water partition coefficient (Wildman–Crippen LogP) is 4.04. The van der Waals surface area contributed by atoms with Crippen LogP contribution in [0.3, 0.4) is 0 Å². The van der Waals surface area contributed by atoms with E-state index in [1.807, 2.05) is 0 Å². The van der Waals surface area contributed by atoms with Crippen LogP contribution in [0.4, 0.5) is 4.39 Å². The molecule has 0 bridgehead atoms. The molecule has 4 nitrogen and oxygen atoms in total. The highest BCUT2D eigenvalue weighted by Gasteiger charge is 2.22. The molecule has 6 heteroatoms. The lowest BCUT2D eigenvalue weighted by molar-refractivity contribution is 0.00687. The summed E-state index contributed by atoms with van der Waals surface area (Å²) >= 11 is 3.21. The lowest BCUT2D eigenvalue weighted by atomic mass is 10.2. The average molecular weight is 355 g/mol. The van der Waals surface area contributed by atoms with Gasteiger partial charge in [-0.25, -0.2) is 13.9 Å². The van der Waals surface area contributed by atoms with Crippen LogP contribution in [0, 0.1) is 12.7 Å². The molecule has 0 aliphatic rings. The van der Waals surface area contributed by atoms with Crippen molar-refractivity contribution in [2.45, 2.75) is 33.3 Å². The smallest absolute Gasteiger partial charge is 0.342 e. The monoisotopic (exact) mass is 354 g/mol. The first-order chi connectivity index (χ1) is 9.69. The van der Waals surface area contributed by atoms with Crippen molar-refractivity contribution in [2.75, 3.05) is 0 Å². The first-order valence-electron chi connectivity index (χ1n) is 6.42. The fourth-order valence-electron chi connectivity index (χ4n) is 1.84. The Bertz CT molecular complexity index is 689. The van der Waals surface area contributed by atoms with Crippen LogP contribution in [0.5, 0.6) is 0 Å². The van der Waals surface area contributed by atoms with E-state index in [1.165, 1.54) is 16.9 Å². The average Bonchev–Trinajstić information content (AvgIpc) is 2.69. The van der Waals surface area contributed by atoms with E-state index < -0.39 is 17.4 Å². The summed E-state index contributed by atoms with van der Waals surface area (Å²) in [5.74, 6) is -0.893. The minimum atomic E-state index is -0.589. The van der Waals surface area contributed by atoms with Crippen molar-refractivity contribution in [3.8, 4) is 5.69 Å². The first-order valence-corrected chi connectivity index (χ1v) is 7.22.